The van der Waals surface area contributed by atoms with Crippen molar-refractivity contribution in [2.24, 2.45) is 5.92 Å². The van der Waals surface area contributed by atoms with E-state index in [1.54, 1.807) is 26.3 Å². The molecule has 25 heavy (non-hydrogen) atoms. The second-order valence-corrected chi connectivity index (χ2v) is 6.41. The van der Waals surface area contributed by atoms with Gasteiger partial charge in [-0.05, 0) is 48.6 Å². The summed E-state index contributed by atoms with van der Waals surface area (Å²) in [5, 5.41) is 2.58. The minimum absolute atomic E-state index is 0.0851. The number of rotatable bonds is 7. The Balaban J connectivity index is 1.90. The van der Waals surface area contributed by atoms with Crippen LogP contribution in [0.5, 0.6) is 5.75 Å². The van der Waals surface area contributed by atoms with Gasteiger partial charge in [-0.3, -0.25) is 9.59 Å². The van der Waals surface area contributed by atoms with Crippen molar-refractivity contribution in [1.82, 2.24) is 10.3 Å². The predicted octanol–water partition coefficient (Wildman–Crippen LogP) is 3.02. The van der Waals surface area contributed by atoms with E-state index in [9.17, 15) is 9.59 Å². The number of aromatic nitrogens is 1. The quantitative estimate of drug-likeness (QED) is 0.788. The Morgan fingerprint density at radius 2 is 2.04 bits per heavy atom. The van der Waals surface area contributed by atoms with Crippen LogP contribution in [0.3, 0.4) is 0 Å². The standard InChI is InChI=1S/C20H22N2O3/c1-21-20(24)18-12-15(19(23)10-13-6-7-13)11-16(22-18)8-14-4-3-5-17(9-14)25-2/h3-5,9,11-13H,6-8,10H2,1-2H3,(H,21,24). The summed E-state index contributed by atoms with van der Waals surface area (Å²) >= 11 is 0. The van der Waals surface area contributed by atoms with Crippen molar-refractivity contribution in [3.05, 3.63) is 58.9 Å². The Kier molecular flexibility index (Phi) is 5.12. The van der Waals surface area contributed by atoms with E-state index in [4.69, 9.17) is 4.74 Å². The molecule has 0 bridgehead atoms. The fourth-order valence-corrected chi connectivity index (χ4v) is 2.78. The van der Waals surface area contributed by atoms with Gasteiger partial charge in [0.15, 0.2) is 5.78 Å². The maximum absolute atomic E-state index is 12.5. The molecule has 0 aliphatic heterocycles. The minimum Gasteiger partial charge on any atom is -0.497 e. The average molecular weight is 338 g/mol. The SMILES string of the molecule is CNC(=O)c1cc(C(=O)CC2CC2)cc(Cc2cccc(OC)c2)n1. The molecule has 3 rings (SSSR count). The summed E-state index contributed by atoms with van der Waals surface area (Å²) in [6.07, 6.45) is 3.33. The number of hydrogen-bond acceptors (Lipinski definition) is 4. The molecule has 0 saturated heterocycles. The van der Waals surface area contributed by atoms with Crippen LogP contribution in [0.1, 0.15) is 51.4 Å². The monoisotopic (exact) mass is 338 g/mol. The minimum atomic E-state index is -0.284. The van der Waals surface area contributed by atoms with Crippen LogP contribution >= 0.6 is 0 Å². The first-order valence-electron chi connectivity index (χ1n) is 8.48. The van der Waals surface area contributed by atoms with Crippen LogP contribution in [0.4, 0.5) is 0 Å². The average Bonchev–Trinajstić information content (AvgIpc) is 3.44. The third-order valence-corrected chi connectivity index (χ3v) is 4.35. The lowest BCUT2D eigenvalue weighted by atomic mass is 10.0. The number of benzene rings is 1. The summed E-state index contributed by atoms with van der Waals surface area (Å²) in [6, 6.07) is 11.1. The highest BCUT2D eigenvalue weighted by atomic mass is 16.5. The largest absolute Gasteiger partial charge is 0.497 e. The Morgan fingerprint density at radius 1 is 1.24 bits per heavy atom. The Bertz CT molecular complexity index is 797. The van der Waals surface area contributed by atoms with Crippen LogP contribution < -0.4 is 10.1 Å². The lowest BCUT2D eigenvalue weighted by Crippen LogP contribution is -2.20. The molecule has 0 radical (unpaired) electrons. The molecule has 0 spiro atoms. The first-order chi connectivity index (χ1) is 12.1. The van der Waals surface area contributed by atoms with Gasteiger partial charge in [-0.1, -0.05) is 12.1 Å². The van der Waals surface area contributed by atoms with Crippen LogP contribution in [-0.4, -0.2) is 30.8 Å². The number of nitrogens with zero attached hydrogens (tertiary/aromatic N) is 1. The topological polar surface area (TPSA) is 68.3 Å². The molecule has 5 nitrogen and oxygen atoms in total. The second-order valence-electron chi connectivity index (χ2n) is 6.41. The Hall–Kier alpha value is -2.69. The van der Waals surface area contributed by atoms with Crippen molar-refractivity contribution in [1.29, 1.82) is 0 Å². The van der Waals surface area contributed by atoms with Gasteiger partial charge in [0.05, 0.1) is 7.11 Å². The first kappa shape index (κ1) is 17.1. The van der Waals surface area contributed by atoms with Crippen LogP contribution in [0.15, 0.2) is 36.4 Å². The van der Waals surface area contributed by atoms with Crippen molar-refractivity contribution in [2.45, 2.75) is 25.7 Å². The van der Waals surface area contributed by atoms with Gasteiger partial charge < -0.3 is 10.1 Å². The number of nitrogens with one attached hydrogen (secondary N) is 1. The molecule has 1 amide bonds. The number of ether oxygens (including phenoxy) is 1. The molecule has 1 aliphatic carbocycles. The van der Waals surface area contributed by atoms with Crippen LogP contribution in [-0.2, 0) is 6.42 Å². The number of Topliss-reactive ketones (excluding diaryl/α,β-unsaturated/α-hetero) is 1. The van der Waals surface area contributed by atoms with Gasteiger partial charge in [-0.15, -0.1) is 0 Å². The number of hydrogen-bond donors (Lipinski definition) is 1. The highest BCUT2D eigenvalue weighted by Gasteiger charge is 2.25. The normalized spacial score (nSPS) is 13.4. The fraction of sp³-hybridized carbons (Fsp3) is 0.350. The van der Waals surface area contributed by atoms with Gasteiger partial charge in [0.25, 0.3) is 5.91 Å². The van der Waals surface area contributed by atoms with Crippen LogP contribution in [0, 0.1) is 5.92 Å². The van der Waals surface area contributed by atoms with E-state index in [1.165, 1.54) is 0 Å². The zero-order valence-electron chi connectivity index (χ0n) is 14.5. The molecule has 5 heteroatoms. The van der Waals surface area contributed by atoms with E-state index < -0.39 is 0 Å². The summed E-state index contributed by atoms with van der Waals surface area (Å²) in [7, 11) is 3.18. The molecule has 1 aliphatic rings. The van der Waals surface area contributed by atoms with E-state index in [1.807, 2.05) is 24.3 Å². The molecule has 2 aromatic rings. The van der Waals surface area contributed by atoms with Gasteiger partial charge in [-0.25, -0.2) is 4.98 Å². The Labute approximate surface area is 147 Å². The van der Waals surface area contributed by atoms with Crippen LogP contribution in [0.2, 0.25) is 0 Å². The second kappa shape index (κ2) is 7.47. The van der Waals surface area contributed by atoms with Gasteiger partial charge >= 0.3 is 0 Å². The number of ketones is 1. The van der Waals surface area contributed by atoms with Crippen molar-refractivity contribution in [3.63, 3.8) is 0 Å². The molecule has 1 aromatic carbocycles. The summed E-state index contributed by atoms with van der Waals surface area (Å²) in [6.45, 7) is 0. The lowest BCUT2D eigenvalue weighted by molar-refractivity contribution is 0.0958. The summed E-state index contributed by atoms with van der Waals surface area (Å²) in [5.41, 5.74) is 2.57. The molecular weight excluding hydrogens is 316 g/mol. The molecule has 1 N–H and O–H groups in total. The van der Waals surface area contributed by atoms with Crippen molar-refractivity contribution in [2.75, 3.05) is 14.2 Å². The van der Waals surface area contributed by atoms with Gasteiger partial charge in [0.1, 0.15) is 11.4 Å². The van der Waals surface area contributed by atoms with Crippen molar-refractivity contribution < 1.29 is 14.3 Å². The van der Waals surface area contributed by atoms with E-state index in [2.05, 4.69) is 10.3 Å². The molecule has 130 valence electrons. The highest BCUT2D eigenvalue weighted by molar-refractivity contribution is 5.99. The molecule has 0 atom stereocenters. The molecule has 1 aromatic heterocycles. The molecule has 1 heterocycles. The number of carbonyl (C=O) groups excluding carboxylic acids is 2. The molecule has 0 unspecified atom stereocenters. The van der Waals surface area contributed by atoms with Crippen molar-refractivity contribution in [3.8, 4) is 5.75 Å². The fourth-order valence-electron chi connectivity index (χ4n) is 2.78. The smallest absolute Gasteiger partial charge is 0.269 e. The highest BCUT2D eigenvalue weighted by Crippen LogP contribution is 2.33. The third kappa shape index (κ3) is 4.44. The van der Waals surface area contributed by atoms with Gasteiger partial charge in [0, 0.05) is 31.1 Å². The number of carbonyl (C=O) groups is 2. The summed E-state index contributed by atoms with van der Waals surface area (Å²) < 4.78 is 5.25. The van der Waals surface area contributed by atoms with E-state index in [0.717, 1.165) is 24.2 Å². The number of pyridine rings is 1. The summed E-state index contributed by atoms with van der Waals surface area (Å²) in [5.74, 6) is 1.07. The molecule has 1 fully saturated rings. The van der Waals surface area contributed by atoms with Gasteiger partial charge in [-0.2, -0.15) is 0 Å². The molecular formula is C20H22N2O3. The maximum atomic E-state index is 12.5. The van der Waals surface area contributed by atoms with Crippen LogP contribution in [0.25, 0.3) is 0 Å². The zero-order chi connectivity index (χ0) is 17.8. The lowest BCUT2D eigenvalue weighted by Gasteiger charge is -2.09. The Morgan fingerprint density at radius 3 is 2.72 bits per heavy atom. The molecule has 1 saturated carbocycles. The van der Waals surface area contributed by atoms with E-state index >= 15 is 0 Å². The van der Waals surface area contributed by atoms with Gasteiger partial charge in [0.2, 0.25) is 0 Å². The third-order valence-electron chi connectivity index (χ3n) is 4.35. The van der Waals surface area contributed by atoms with E-state index in [0.29, 0.717) is 30.0 Å². The van der Waals surface area contributed by atoms with E-state index in [-0.39, 0.29) is 17.4 Å². The number of amides is 1. The maximum Gasteiger partial charge on any atom is 0.269 e. The first-order valence-corrected chi connectivity index (χ1v) is 8.48. The summed E-state index contributed by atoms with van der Waals surface area (Å²) in [4.78, 5) is 28.9. The predicted molar refractivity (Wildman–Crippen MR) is 95.1 cm³/mol. The van der Waals surface area contributed by atoms with Crippen molar-refractivity contribution >= 4 is 11.7 Å². The zero-order valence-corrected chi connectivity index (χ0v) is 14.5. The number of methoxy groups -OCH3 is 1.